The lowest BCUT2D eigenvalue weighted by molar-refractivity contribution is -0.134. The van der Waals surface area contributed by atoms with E-state index < -0.39 is 0 Å². The molecule has 0 radical (unpaired) electrons. The quantitative estimate of drug-likeness (QED) is 0.732. The number of nitrogens with one attached hydrogen (secondary N) is 1. The number of anilines is 2. The van der Waals surface area contributed by atoms with E-state index >= 15 is 0 Å². The zero-order valence-electron chi connectivity index (χ0n) is 19.9. The lowest BCUT2D eigenvalue weighted by atomic mass is 9.87. The van der Waals surface area contributed by atoms with Crippen molar-refractivity contribution >= 4 is 23.2 Å². The van der Waals surface area contributed by atoms with E-state index in [0.29, 0.717) is 18.8 Å². The normalized spacial score (nSPS) is 14.4. The first-order valence-electron chi connectivity index (χ1n) is 11.3. The van der Waals surface area contributed by atoms with Crippen LogP contribution >= 0.6 is 0 Å². The van der Waals surface area contributed by atoms with Gasteiger partial charge in [-0.05, 0) is 35.2 Å². The van der Waals surface area contributed by atoms with Crippen molar-refractivity contribution in [3.05, 3.63) is 54.1 Å². The summed E-state index contributed by atoms with van der Waals surface area (Å²) in [6.07, 6.45) is 0. The molecule has 1 fully saturated rings. The minimum absolute atomic E-state index is 0.0118. The van der Waals surface area contributed by atoms with Gasteiger partial charge in [-0.2, -0.15) is 0 Å². The molecule has 1 heterocycles. The van der Waals surface area contributed by atoms with Gasteiger partial charge in [0.2, 0.25) is 5.91 Å². The van der Waals surface area contributed by atoms with E-state index in [1.807, 2.05) is 67.3 Å². The van der Waals surface area contributed by atoms with Gasteiger partial charge in [-0.1, -0.05) is 58.9 Å². The molecular formula is C26H35N3O3. The van der Waals surface area contributed by atoms with Gasteiger partial charge in [0.1, 0.15) is 5.75 Å². The topological polar surface area (TPSA) is 61.9 Å². The number of piperazine rings is 1. The molecule has 2 aromatic rings. The predicted molar refractivity (Wildman–Crippen MR) is 129 cm³/mol. The van der Waals surface area contributed by atoms with Gasteiger partial charge in [0, 0.05) is 32.1 Å². The van der Waals surface area contributed by atoms with E-state index in [-0.39, 0.29) is 29.8 Å². The molecule has 1 aliphatic heterocycles. The number of hydrogen-bond acceptors (Lipinski definition) is 4. The van der Waals surface area contributed by atoms with Gasteiger partial charge in [-0.15, -0.1) is 0 Å². The van der Waals surface area contributed by atoms with Gasteiger partial charge < -0.3 is 19.9 Å². The molecule has 1 saturated heterocycles. The predicted octanol–water partition coefficient (Wildman–Crippen LogP) is 4.31. The van der Waals surface area contributed by atoms with Crippen LogP contribution in [0.5, 0.6) is 5.75 Å². The van der Waals surface area contributed by atoms with Crippen molar-refractivity contribution in [2.75, 3.05) is 43.0 Å². The van der Waals surface area contributed by atoms with Crippen molar-refractivity contribution in [2.45, 2.75) is 40.0 Å². The molecule has 0 saturated carbocycles. The monoisotopic (exact) mass is 437 g/mol. The fourth-order valence-electron chi connectivity index (χ4n) is 3.77. The van der Waals surface area contributed by atoms with Gasteiger partial charge in [0.25, 0.3) is 5.91 Å². The number of hydrogen-bond donors (Lipinski definition) is 1. The number of benzene rings is 2. The summed E-state index contributed by atoms with van der Waals surface area (Å²) < 4.78 is 5.69. The molecule has 0 aliphatic carbocycles. The zero-order chi connectivity index (χ0) is 23.3. The van der Waals surface area contributed by atoms with Gasteiger partial charge in [-0.25, -0.2) is 0 Å². The molecular weight excluding hydrogens is 402 g/mol. The van der Waals surface area contributed by atoms with Crippen molar-refractivity contribution in [2.24, 2.45) is 5.92 Å². The largest absolute Gasteiger partial charge is 0.484 e. The maximum Gasteiger partial charge on any atom is 0.262 e. The molecule has 3 rings (SSSR count). The molecule has 0 spiro atoms. The second-order valence-electron chi connectivity index (χ2n) is 9.60. The Hall–Kier alpha value is -3.02. The minimum Gasteiger partial charge on any atom is -0.484 e. The molecule has 1 aliphatic rings. The highest BCUT2D eigenvalue weighted by Gasteiger charge is 2.24. The third kappa shape index (κ3) is 6.02. The van der Waals surface area contributed by atoms with E-state index in [0.717, 1.165) is 24.5 Å². The molecule has 0 aromatic heterocycles. The van der Waals surface area contributed by atoms with Crippen LogP contribution in [0.25, 0.3) is 0 Å². The van der Waals surface area contributed by atoms with Crippen LogP contribution < -0.4 is 15.0 Å². The van der Waals surface area contributed by atoms with Gasteiger partial charge in [0.15, 0.2) is 6.61 Å². The van der Waals surface area contributed by atoms with Crippen molar-refractivity contribution < 1.29 is 14.3 Å². The number of amides is 2. The third-order valence-corrected chi connectivity index (χ3v) is 5.69. The molecule has 0 unspecified atom stereocenters. The number of para-hydroxylation sites is 2. The molecule has 6 nitrogen and oxygen atoms in total. The van der Waals surface area contributed by atoms with Gasteiger partial charge in [0.05, 0.1) is 11.4 Å². The van der Waals surface area contributed by atoms with Crippen LogP contribution in [0, 0.1) is 5.92 Å². The molecule has 0 bridgehead atoms. The first-order valence-corrected chi connectivity index (χ1v) is 11.3. The van der Waals surface area contributed by atoms with E-state index in [9.17, 15) is 9.59 Å². The number of carbonyl (C=O) groups is 2. The molecule has 6 heteroatoms. The maximum atomic E-state index is 12.6. The van der Waals surface area contributed by atoms with Crippen LogP contribution in [0.4, 0.5) is 11.4 Å². The molecule has 32 heavy (non-hydrogen) atoms. The lowest BCUT2D eigenvalue weighted by Gasteiger charge is -2.37. The lowest BCUT2D eigenvalue weighted by Crippen LogP contribution is -2.50. The van der Waals surface area contributed by atoms with Crippen molar-refractivity contribution in [3.8, 4) is 5.75 Å². The average molecular weight is 438 g/mol. The summed E-state index contributed by atoms with van der Waals surface area (Å²) in [6.45, 7) is 13.1. The second-order valence-corrected chi connectivity index (χ2v) is 9.60. The first kappa shape index (κ1) is 23.6. The Morgan fingerprint density at radius 2 is 1.59 bits per heavy atom. The van der Waals surface area contributed by atoms with E-state index in [1.165, 1.54) is 5.56 Å². The van der Waals surface area contributed by atoms with Crippen LogP contribution in [0.15, 0.2) is 48.5 Å². The number of ether oxygens (including phenoxy) is 1. The standard InChI is InChI=1S/C26H35N3O3/c1-19(2)25(31)29-16-14-28(15-17-29)23-9-7-6-8-22(23)27-24(30)18-32-21-12-10-20(11-13-21)26(3,4)5/h6-13,19H,14-18H2,1-5H3,(H,27,30). The summed E-state index contributed by atoms with van der Waals surface area (Å²) in [7, 11) is 0. The molecule has 172 valence electrons. The summed E-state index contributed by atoms with van der Waals surface area (Å²) in [5, 5.41) is 2.98. The highest BCUT2D eigenvalue weighted by molar-refractivity contribution is 5.95. The molecule has 1 N–H and O–H groups in total. The highest BCUT2D eigenvalue weighted by Crippen LogP contribution is 2.27. The van der Waals surface area contributed by atoms with Crippen LogP contribution in [0.3, 0.4) is 0 Å². The van der Waals surface area contributed by atoms with E-state index in [2.05, 4.69) is 31.0 Å². The Morgan fingerprint density at radius 1 is 0.969 bits per heavy atom. The summed E-state index contributed by atoms with van der Waals surface area (Å²) in [5.41, 5.74) is 3.02. The second kappa shape index (κ2) is 10.1. The number of carbonyl (C=O) groups excluding carboxylic acids is 2. The Morgan fingerprint density at radius 3 is 2.19 bits per heavy atom. The summed E-state index contributed by atoms with van der Waals surface area (Å²) in [4.78, 5) is 28.9. The fourth-order valence-corrected chi connectivity index (χ4v) is 3.77. The van der Waals surface area contributed by atoms with Gasteiger partial charge >= 0.3 is 0 Å². The van der Waals surface area contributed by atoms with E-state index in [4.69, 9.17) is 4.74 Å². The first-order chi connectivity index (χ1) is 15.1. The molecule has 2 amide bonds. The van der Waals surface area contributed by atoms with Crippen molar-refractivity contribution in [1.29, 1.82) is 0 Å². The van der Waals surface area contributed by atoms with Crippen molar-refractivity contribution in [1.82, 2.24) is 4.90 Å². The van der Waals surface area contributed by atoms with Crippen LogP contribution in [0.2, 0.25) is 0 Å². The summed E-state index contributed by atoms with van der Waals surface area (Å²) in [5.74, 6) is 0.676. The Labute approximate surface area is 191 Å². The zero-order valence-corrected chi connectivity index (χ0v) is 19.9. The highest BCUT2D eigenvalue weighted by atomic mass is 16.5. The van der Waals surface area contributed by atoms with Crippen LogP contribution in [-0.4, -0.2) is 49.5 Å². The van der Waals surface area contributed by atoms with Crippen LogP contribution in [-0.2, 0) is 15.0 Å². The molecule has 0 atom stereocenters. The maximum absolute atomic E-state index is 12.6. The van der Waals surface area contributed by atoms with Crippen molar-refractivity contribution in [3.63, 3.8) is 0 Å². The third-order valence-electron chi connectivity index (χ3n) is 5.69. The van der Waals surface area contributed by atoms with Crippen LogP contribution in [0.1, 0.15) is 40.2 Å². The smallest absolute Gasteiger partial charge is 0.262 e. The summed E-state index contributed by atoms with van der Waals surface area (Å²) in [6, 6.07) is 15.6. The van der Waals surface area contributed by atoms with E-state index in [1.54, 1.807) is 0 Å². The fraction of sp³-hybridized carbons (Fsp3) is 0.462. The average Bonchev–Trinajstić information content (AvgIpc) is 2.77. The Kier molecular flexibility index (Phi) is 7.44. The molecule has 2 aromatic carbocycles. The van der Waals surface area contributed by atoms with Gasteiger partial charge in [-0.3, -0.25) is 9.59 Å². The number of rotatable bonds is 6. The summed E-state index contributed by atoms with van der Waals surface area (Å²) >= 11 is 0. The number of nitrogens with zero attached hydrogens (tertiary/aromatic N) is 2. The SMILES string of the molecule is CC(C)C(=O)N1CCN(c2ccccc2NC(=O)COc2ccc(C(C)(C)C)cc2)CC1. The minimum atomic E-state index is -0.203. The Balaban J connectivity index is 1.57. The Bertz CT molecular complexity index is 924.